The standard InChI is InChI=1S/C19H32/c1-4-5-6-7-15-16-10-13-11-19(13,3)18(17(15)16)14-9-8-12(14)2/h12-18H,4-11H2,1-3H3. The van der Waals surface area contributed by atoms with Gasteiger partial charge in [0.25, 0.3) is 0 Å². The minimum Gasteiger partial charge on any atom is -0.0654 e. The first-order valence-corrected chi connectivity index (χ1v) is 9.16. The summed E-state index contributed by atoms with van der Waals surface area (Å²) in [5.74, 6) is 7.98. The molecule has 0 aromatic rings. The Kier molecular flexibility index (Phi) is 2.84. The first-order chi connectivity index (χ1) is 9.16. The van der Waals surface area contributed by atoms with Gasteiger partial charge in [0, 0.05) is 0 Å². The molecule has 0 N–H and O–H groups in total. The molecule has 0 saturated heterocycles. The van der Waals surface area contributed by atoms with Gasteiger partial charge < -0.3 is 0 Å². The van der Waals surface area contributed by atoms with Crippen molar-refractivity contribution in [1.29, 1.82) is 0 Å². The molecule has 0 radical (unpaired) electrons. The van der Waals surface area contributed by atoms with Crippen LogP contribution >= 0.6 is 0 Å². The van der Waals surface area contributed by atoms with E-state index in [2.05, 4.69) is 20.8 Å². The second-order valence-electron chi connectivity index (χ2n) is 8.79. The maximum atomic E-state index is 2.66. The third kappa shape index (κ3) is 1.77. The van der Waals surface area contributed by atoms with Gasteiger partial charge in [-0.15, -0.1) is 0 Å². The van der Waals surface area contributed by atoms with Gasteiger partial charge in [0.2, 0.25) is 0 Å². The Labute approximate surface area is 119 Å². The zero-order valence-corrected chi connectivity index (χ0v) is 13.2. The highest BCUT2D eigenvalue weighted by molar-refractivity contribution is 5.20. The lowest BCUT2D eigenvalue weighted by atomic mass is 9.60. The van der Waals surface area contributed by atoms with Crippen LogP contribution in [0.2, 0.25) is 0 Å². The fraction of sp³-hybridized carbons (Fsp3) is 1.00. The normalized spacial score (nSPS) is 57.9. The quantitative estimate of drug-likeness (QED) is 0.571. The molecule has 8 atom stereocenters. The van der Waals surface area contributed by atoms with Crippen molar-refractivity contribution in [2.75, 3.05) is 0 Å². The summed E-state index contributed by atoms with van der Waals surface area (Å²) in [6, 6.07) is 0. The van der Waals surface area contributed by atoms with Crippen LogP contribution in [0.3, 0.4) is 0 Å². The van der Waals surface area contributed by atoms with E-state index < -0.39 is 0 Å². The maximum Gasteiger partial charge on any atom is -0.0260 e. The van der Waals surface area contributed by atoms with Crippen molar-refractivity contribution in [1.82, 2.24) is 0 Å². The summed E-state index contributed by atoms with van der Waals surface area (Å²) in [6.45, 7) is 7.53. The van der Waals surface area contributed by atoms with Crippen molar-refractivity contribution in [3.05, 3.63) is 0 Å². The number of fused-ring (bicyclic) bond motifs is 2. The maximum absolute atomic E-state index is 2.66. The highest BCUT2D eigenvalue weighted by Crippen LogP contribution is 2.78. The molecule has 0 spiro atoms. The van der Waals surface area contributed by atoms with Crippen LogP contribution in [0, 0.1) is 46.8 Å². The first kappa shape index (κ1) is 12.7. The van der Waals surface area contributed by atoms with Gasteiger partial charge in [-0.05, 0) is 72.5 Å². The van der Waals surface area contributed by atoms with Crippen molar-refractivity contribution >= 4 is 0 Å². The molecule has 4 aliphatic rings. The lowest BCUT2D eigenvalue weighted by Gasteiger charge is -2.45. The molecule has 0 nitrogen and oxygen atoms in total. The van der Waals surface area contributed by atoms with E-state index in [4.69, 9.17) is 0 Å². The lowest BCUT2D eigenvalue weighted by molar-refractivity contribution is 0.0335. The number of unbranched alkanes of at least 4 members (excludes halogenated alkanes) is 2. The molecule has 0 aromatic heterocycles. The average Bonchev–Trinajstić information content (AvgIpc) is 3.24. The van der Waals surface area contributed by atoms with Crippen LogP contribution in [0.1, 0.15) is 72.1 Å². The zero-order chi connectivity index (χ0) is 13.2. The molecule has 0 amide bonds. The van der Waals surface area contributed by atoms with Crippen LogP contribution in [-0.2, 0) is 0 Å². The van der Waals surface area contributed by atoms with Crippen molar-refractivity contribution in [2.45, 2.75) is 72.1 Å². The molecule has 0 aromatic carbocycles. The molecule has 4 fully saturated rings. The highest BCUT2D eigenvalue weighted by Gasteiger charge is 2.72. The predicted molar refractivity (Wildman–Crippen MR) is 80.8 cm³/mol. The summed E-state index contributed by atoms with van der Waals surface area (Å²) in [7, 11) is 0. The molecule has 4 saturated carbocycles. The van der Waals surface area contributed by atoms with Gasteiger partial charge >= 0.3 is 0 Å². The predicted octanol–water partition coefficient (Wildman–Crippen LogP) is 5.52. The zero-order valence-electron chi connectivity index (χ0n) is 13.2. The molecular weight excluding hydrogens is 228 g/mol. The van der Waals surface area contributed by atoms with Crippen molar-refractivity contribution in [3.8, 4) is 0 Å². The van der Waals surface area contributed by atoms with Gasteiger partial charge in [-0.1, -0.05) is 46.5 Å². The van der Waals surface area contributed by atoms with Gasteiger partial charge in [-0.3, -0.25) is 0 Å². The van der Waals surface area contributed by atoms with Gasteiger partial charge in [0.05, 0.1) is 0 Å². The van der Waals surface area contributed by atoms with Crippen LogP contribution in [0.25, 0.3) is 0 Å². The molecule has 19 heavy (non-hydrogen) atoms. The summed E-state index contributed by atoms with van der Waals surface area (Å²) >= 11 is 0. The van der Waals surface area contributed by atoms with Crippen molar-refractivity contribution in [2.24, 2.45) is 46.8 Å². The van der Waals surface area contributed by atoms with Crippen LogP contribution < -0.4 is 0 Å². The van der Waals surface area contributed by atoms with E-state index in [0.29, 0.717) is 0 Å². The number of hydrogen-bond donors (Lipinski definition) is 0. The number of rotatable bonds is 5. The van der Waals surface area contributed by atoms with E-state index in [0.717, 1.165) is 35.0 Å². The Bertz CT molecular complexity index is 359. The summed E-state index contributed by atoms with van der Waals surface area (Å²) in [6.07, 6.45) is 12.3. The Balaban J connectivity index is 1.45. The van der Waals surface area contributed by atoms with Crippen molar-refractivity contribution in [3.63, 3.8) is 0 Å². The first-order valence-electron chi connectivity index (χ1n) is 9.16. The van der Waals surface area contributed by atoms with E-state index >= 15 is 0 Å². The summed E-state index contributed by atoms with van der Waals surface area (Å²) in [4.78, 5) is 0. The Morgan fingerprint density at radius 3 is 2.58 bits per heavy atom. The minimum absolute atomic E-state index is 0.806. The Hall–Kier alpha value is 0. The molecule has 0 bridgehead atoms. The van der Waals surface area contributed by atoms with Gasteiger partial charge in [0.1, 0.15) is 0 Å². The van der Waals surface area contributed by atoms with E-state index in [1.54, 1.807) is 25.7 Å². The third-order valence-electron chi connectivity index (χ3n) is 7.88. The Morgan fingerprint density at radius 1 is 1.11 bits per heavy atom. The van der Waals surface area contributed by atoms with Gasteiger partial charge in [-0.2, -0.15) is 0 Å². The van der Waals surface area contributed by atoms with Crippen LogP contribution in [0.15, 0.2) is 0 Å². The van der Waals surface area contributed by atoms with E-state index in [-0.39, 0.29) is 0 Å². The fourth-order valence-electron chi connectivity index (χ4n) is 6.38. The monoisotopic (exact) mass is 260 g/mol. The molecular formula is C19H32. The summed E-state index contributed by atoms with van der Waals surface area (Å²) < 4.78 is 0. The SMILES string of the molecule is CCCCCC1C2CC3CC3(C)C(C3CCC3C)C12. The van der Waals surface area contributed by atoms with Crippen molar-refractivity contribution < 1.29 is 0 Å². The Morgan fingerprint density at radius 2 is 1.95 bits per heavy atom. The average molecular weight is 260 g/mol. The van der Waals surface area contributed by atoms with Crippen LogP contribution in [0.4, 0.5) is 0 Å². The molecule has 4 aliphatic carbocycles. The van der Waals surface area contributed by atoms with Gasteiger partial charge in [-0.25, -0.2) is 0 Å². The van der Waals surface area contributed by atoms with E-state index in [1.165, 1.54) is 37.5 Å². The molecule has 0 heteroatoms. The highest BCUT2D eigenvalue weighted by atomic mass is 14.8. The fourth-order valence-corrected chi connectivity index (χ4v) is 6.38. The van der Waals surface area contributed by atoms with E-state index in [1.807, 2.05) is 0 Å². The minimum atomic E-state index is 0.806. The largest absolute Gasteiger partial charge is 0.0654 e. The second-order valence-corrected chi connectivity index (χ2v) is 8.79. The summed E-state index contributed by atoms with van der Waals surface area (Å²) in [5, 5.41) is 0. The molecule has 8 unspecified atom stereocenters. The van der Waals surface area contributed by atoms with E-state index in [9.17, 15) is 0 Å². The molecule has 0 aliphatic heterocycles. The molecule has 4 rings (SSSR count). The molecule has 108 valence electrons. The molecule has 0 heterocycles. The topological polar surface area (TPSA) is 0 Å². The number of hydrogen-bond acceptors (Lipinski definition) is 0. The van der Waals surface area contributed by atoms with Crippen LogP contribution in [-0.4, -0.2) is 0 Å². The van der Waals surface area contributed by atoms with Crippen LogP contribution in [0.5, 0.6) is 0 Å². The second kappa shape index (κ2) is 4.25. The van der Waals surface area contributed by atoms with Gasteiger partial charge in [0.15, 0.2) is 0 Å². The smallest absolute Gasteiger partial charge is 0.0260 e. The lowest BCUT2D eigenvalue weighted by Crippen LogP contribution is -2.38. The third-order valence-corrected chi connectivity index (χ3v) is 7.88. The summed E-state index contributed by atoms with van der Waals surface area (Å²) in [5.41, 5.74) is 0.806.